The Morgan fingerprint density at radius 2 is 1.70 bits per heavy atom. The fourth-order valence-corrected chi connectivity index (χ4v) is 3.27. The van der Waals surface area contributed by atoms with E-state index in [4.69, 9.17) is 21.1 Å². The van der Waals surface area contributed by atoms with E-state index >= 15 is 0 Å². The number of hydrogen-bond acceptors (Lipinski definition) is 8. The van der Waals surface area contributed by atoms with Gasteiger partial charge in [-0.15, -0.1) is 0 Å². The Morgan fingerprint density at radius 1 is 0.967 bits per heavy atom. The maximum atomic E-state index is 11.6. The van der Waals surface area contributed by atoms with Gasteiger partial charge in [0.25, 0.3) is 0 Å². The fourth-order valence-electron chi connectivity index (χ4n) is 2.56. The van der Waals surface area contributed by atoms with Crippen molar-refractivity contribution in [1.29, 1.82) is 0 Å². The number of hydrogen-bond donors (Lipinski definition) is 3. The van der Waals surface area contributed by atoms with Crippen LogP contribution in [0, 0.1) is 0 Å². The largest absolute Gasteiger partial charge is 0.497 e. The third kappa shape index (κ3) is 5.43. The summed E-state index contributed by atoms with van der Waals surface area (Å²) in [6.07, 6.45) is 2.50. The van der Waals surface area contributed by atoms with Gasteiger partial charge >= 0.3 is 0 Å². The molecule has 3 aromatic rings. The molecule has 3 N–H and O–H groups in total. The average Bonchev–Trinajstić information content (AvgIpc) is 2.70. The number of aromatic nitrogens is 2. The van der Waals surface area contributed by atoms with Crippen LogP contribution in [-0.4, -0.2) is 38.9 Å². The van der Waals surface area contributed by atoms with Gasteiger partial charge in [0.1, 0.15) is 16.5 Å². The normalized spacial score (nSPS) is 10.9. The van der Waals surface area contributed by atoms with Crippen molar-refractivity contribution in [2.75, 3.05) is 35.8 Å². The molecule has 0 aliphatic carbocycles. The molecule has 0 aliphatic heterocycles. The van der Waals surface area contributed by atoms with Gasteiger partial charge in [0.05, 0.1) is 43.7 Å². The summed E-state index contributed by atoms with van der Waals surface area (Å²) in [7, 11) is -0.345. The summed E-state index contributed by atoms with van der Waals surface area (Å²) in [5.74, 6) is 1.75. The molecule has 0 saturated carbocycles. The Bertz CT molecular complexity index is 1160. The number of sulfonamides is 1. The number of anilines is 5. The molecule has 0 spiro atoms. The first-order chi connectivity index (χ1) is 14.3. The Labute approximate surface area is 179 Å². The molecule has 1 heterocycles. The van der Waals surface area contributed by atoms with E-state index in [0.29, 0.717) is 34.4 Å². The number of para-hydroxylation sites is 2. The molecule has 0 saturated heterocycles. The zero-order valence-corrected chi connectivity index (χ0v) is 18.0. The zero-order chi connectivity index (χ0) is 21.7. The molecule has 30 heavy (non-hydrogen) atoms. The third-order valence-corrected chi connectivity index (χ3v) is 4.74. The van der Waals surface area contributed by atoms with Gasteiger partial charge in [0.2, 0.25) is 16.0 Å². The molecule has 0 aliphatic rings. The maximum Gasteiger partial charge on any atom is 0.229 e. The summed E-state index contributed by atoms with van der Waals surface area (Å²) in [6, 6.07) is 12.1. The van der Waals surface area contributed by atoms with Crippen LogP contribution < -0.4 is 24.8 Å². The van der Waals surface area contributed by atoms with Crippen LogP contribution in [0.15, 0.2) is 48.7 Å². The van der Waals surface area contributed by atoms with Crippen LogP contribution >= 0.6 is 11.6 Å². The summed E-state index contributed by atoms with van der Waals surface area (Å²) >= 11 is 6.24. The predicted octanol–water partition coefficient (Wildman–Crippen LogP) is 4.01. The van der Waals surface area contributed by atoms with Gasteiger partial charge in [0, 0.05) is 6.07 Å². The molecular weight excluding hydrogens is 430 g/mol. The Balaban J connectivity index is 1.91. The lowest BCUT2D eigenvalue weighted by Gasteiger charge is -2.15. The van der Waals surface area contributed by atoms with Gasteiger partial charge in [-0.1, -0.05) is 23.7 Å². The summed E-state index contributed by atoms with van der Waals surface area (Å²) < 4.78 is 36.3. The van der Waals surface area contributed by atoms with Gasteiger partial charge in [-0.2, -0.15) is 4.98 Å². The van der Waals surface area contributed by atoms with E-state index in [0.717, 1.165) is 6.26 Å². The lowest BCUT2D eigenvalue weighted by molar-refractivity contribution is 0.405. The van der Waals surface area contributed by atoms with Crippen LogP contribution in [0.5, 0.6) is 11.5 Å². The van der Waals surface area contributed by atoms with Crippen molar-refractivity contribution in [2.24, 2.45) is 0 Å². The summed E-state index contributed by atoms with van der Waals surface area (Å²) in [5, 5.41) is 6.36. The van der Waals surface area contributed by atoms with Crippen molar-refractivity contribution < 1.29 is 17.9 Å². The molecule has 0 unspecified atom stereocenters. The molecule has 0 atom stereocenters. The van der Waals surface area contributed by atoms with E-state index in [9.17, 15) is 8.42 Å². The van der Waals surface area contributed by atoms with Crippen LogP contribution in [0.25, 0.3) is 0 Å². The van der Waals surface area contributed by atoms with Gasteiger partial charge < -0.3 is 20.1 Å². The number of methoxy groups -OCH3 is 2. The molecule has 3 rings (SSSR count). The van der Waals surface area contributed by atoms with E-state index in [2.05, 4.69) is 25.3 Å². The first kappa shape index (κ1) is 21.5. The van der Waals surface area contributed by atoms with Crippen LogP contribution in [0.3, 0.4) is 0 Å². The number of benzene rings is 2. The minimum Gasteiger partial charge on any atom is -0.497 e. The molecule has 2 aromatic carbocycles. The van der Waals surface area contributed by atoms with Crippen molar-refractivity contribution in [1.82, 2.24) is 9.97 Å². The fraction of sp³-hybridized carbons (Fsp3) is 0.158. The van der Waals surface area contributed by atoms with E-state index in [1.54, 1.807) is 56.7 Å². The summed E-state index contributed by atoms with van der Waals surface area (Å²) in [6.45, 7) is 0. The molecule has 0 bridgehead atoms. The van der Waals surface area contributed by atoms with Crippen molar-refractivity contribution in [3.05, 3.63) is 53.7 Å². The summed E-state index contributed by atoms with van der Waals surface area (Å²) in [5.41, 5.74) is 1.44. The average molecular weight is 450 g/mol. The van der Waals surface area contributed by atoms with Crippen LogP contribution in [-0.2, 0) is 10.0 Å². The second-order valence-electron chi connectivity index (χ2n) is 6.13. The highest BCUT2D eigenvalue weighted by Crippen LogP contribution is 2.33. The molecule has 9 nitrogen and oxygen atoms in total. The Morgan fingerprint density at radius 3 is 2.37 bits per heavy atom. The van der Waals surface area contributed by atoms with Crippen molar-refractivity contribution in [2.45, 2.75) is 0 Å². The first-order valence-electron chi connectivity index (χ1n) is 8.64. The first-order valence-corrected chi connectivity index (χ1v) is 10.9. The van der Waals surface area contributed by atoms with Crippen LogP contribution in [0.4, 0.5) is 28.8 Å². The van der Waals surface area contributed by atoms with Gasteiger partial charge in [-0.25, -0.2) is 13.4 Å². The predicted molar refractivity (Wildman–Crippen MR) is 118 cm³/mol. The number of halogens is 1. The van der Waals surface area contributed by atoms with Gasteiger partial charge in [-0.05, 0) is 24.3 Å². The van der Waals surface area contributed by atoms with Gasteiger partial charge in [-0.3, -0.25) is 4.72 Å². The number of ether oxygens (including phenoxy) is 2. The molecule has 0 radical (unpaired) electrons. The Kier molecular flexibility index (Phi) is 6.48. The van der Waals surface area contributed by atoms with E-state index < -0.39 is 10.0 Å². The smallest absolute Gasteiger partial charge is 0.229 e. The molecule has 158 valence electrons. The minimum atomic E-state index is -3.46. The van der Waals surface area contributed by atoms with Crippen LogP contribution in [0.1, 0.15) is 0 Å². The third-order valence-electron chi connectivity index (χ3n) is 3.87. The Hall–Kier alpha value is -3.24. The quantitative estimate of drug-likeness (QED) is 0.472. The number of rotatable bonds is 8. The monoisotopic (exact) mass is 449 g/mol. The second kappa shape index (κ2) is 9.06. The molecule has 0 fully saturated rings. The lowest BCUT2D eigenvalue weighted by atomic mass is 10.2. The standard InChI is InChI=1S/C19H20ClN5O4S/c1-28-12-8-9-17(29-2)16(10-12)23-19-21-11-13(20)18(24-19)22-14-6-4-5-7-15(14)25-30(3,26)27/h4-11,25H,1-3H3,(H2,21,22,23,24). The number of nitrogens with zero attached hydrogens (tertiary/aromatic N) is 2. The molecule has 1 aromatic heterocycles. The van der Waals surface area contributed by atoms with Crippen molar-refractivity contribution >= 4 is 50.5 Å². The van der Waals surface area contributed by atoms with E-state index in [1.807, 2.05) is 0 Å². The zero-order valence-electron chi connectivity index (χ0n) is 16.4. The van der Waals surface area contributed by atoms with Crippen LogP contribution in [0.2, 0.25) is 5.02 Å². The van der Waals surface area contributed by atoms with Gasteiger partial charge in [0.15, 0.2) is 5.82 Å². The number of nitrogens with one attached hydrogen (secondary N) is 3. The van der Waals surface area contributed by atoms with E-state index in [-0.39, 0.29) is 11.0 Å². The highest BCUT2D eigenvalue weighted by atomic mass is 35.5. The second-order valence-corrected chi connectivity index (χ2v) is 8.28. The SMILES string of the molecule is COc1ccc(OC)c(Nc2ncc(Cl)c(Nc3ccccc3NS(C)(=O)=O)n2)c1. The summed E-state index contributed by atoms with van der Waals surface area (Å²) in [4.78, 5) is 8.58. The minimum absolute atomic E-state index is 0.252. The topological polar surface area (TPSA) is 114 Å². The van der Waals surface area contributed by atoms with Crippen molar-refractivity contribution in [3.8, 4) is 11.5 Å². The lowest BCUT2D eigenvalue weighted by Crippen LogP contribution is -2.11. The maximum absolute atomic E-state index is 11.6. The molecule has 11 heteroatoms. The van der Waals surface area contributed by atoms with Crippen molar-refractivity contribution in [3.63, 3.8) is 0 Å². The van der Waals surface area contributed by atoms with E-state index in [1.165, 1.54) is 6.20 Å². The highest BCUT2D eigenvalue weighted by Gasteiger charge is 2.12. The highest BCUT2D eigenvalue weighted by molar-refractivity contribution is 7.92. The molecular formula is C19H20ClN5O4S. The molecule has 0 amide bonds.